The summed E-state index contributed by atoms with van der Waals surface area (Å²) in [7, 11) is 1.30. The number of esters is 1. The largest absolute Gasteiger partial charge is 0.466 e. The van der Waals surface area contributed by atoms with Crippen molar-refractivity contribution in [1.29, 1.82) is 0 Å². The Morgan fingerprint density at radius 3 is 2.05 bits per heavy atom. The molecule has 0 radical (unpaired) electrons. The molecule has 0 aromatic carbocycles. The molecular formula is C15H28N2O5. The van der Waals surface area contributed by atoms with Crippen LogP contribution in [0.15, 0.2) is 0 Å². The van der Waals surface area contributed by atoms with Crippen molar-refractivity contribution < 1.29 is 23.8 Å². The van der Waals surface area contributed by atoms with Crippen molar-refractivity contribution in [1.82, 2.24) is 10.2 Å². The minimum absolute atomic E-state index is 0.0480. The van der Waals surface area contributed by atoms with Crippen LogP contribution in [0.3, 0.4) is 0 Å². The van der Waals surface area contributed by atoms with Gasteiger partial charge in [-0.1, -0.05) is 0 Å². The topological polar surface area (TPSA) is 77.1 Å². The van der Waals surface area contributed by atoms with E-state index in [4.69, 9.17) is 14.2 Å². The first-order chi connectivity index (χ1) is 9.98. The first-order valence-electron chi connectivity index (χ1n) is 7.48. The molecule has 0 aliphatic carbocycles. The Morgan fingerprint density at radius 2 is 1.64 bits per heavy atom. The van der Waals surface area contributed by atoms with Crippen molar-refractivity contribution in [3.05, 3.63) is 0 Å². The Hall–Kier alpha value is -1.34. The molecule has 22 heavy (non-hydrogen) atoms. The summed E-state index contributed by atoms with van der Waals surface area (Å²) in [6.07, 6.45) is -0.756. The monoisotopic (exact) mass is 316 g/mol. The van der Waals surface area contributed by atoms with Crippen LogP contribution in [0.2, 0.25) is 0 Å². The Kier molecular flexibility index (Phi) is 5.81. The number of hydrogen-bond donors (Lipinski definition) is 1. The predicted molar refractivity (Wildman–Crippen MR) is 81.4 cm³/mol. The fraction of sp³-hybridized carbons (Fsp3) is 0.867. The van der Waals surface area contributed by atoms with E-state index >= 15 is 0 Å². The average Bonchev–Trinajstić information content (AvgIpc) is 2.33. The molecule has 1 amide bonds. The highest BCUT2D eigenvalue weighted by Crippen LogP contribution is 2.21. The summed E-state index contributed by atoms with van der Waals surface area (Å²) >= 11 is 0. The van der Waals surface area contributed by atoms with Crippen LogP contribution in [0.4, 0.5) is 4.79 Å². The summed E-state index contributed by atoms with van der Waals surface area (Å²) in [4.78, 5) is 26.2. The van der Waals surface area contributed by atoms with Gasteiger partial charge >= 0.3 is 12.1 Å². The number of ether oxygens (including phenoxy) is 3. The molecule has 0 aromatic heterocycles. The Balaban J connectivity index is 2.94. The first kappa shape index (κ1) is 18.7. The molecule has 128 valence electrons. The lowest BCUT2D eigenvalue weighted by atomic mass is 10.1. The van der Waals surface area contributed by atoms with Crippen molar-refractivity contribution in [2.75, 3.05) is 20.2 Å². The van der Waals surface area contributed by atoms with E-state index < -0.39 is 23.3 Å². The minimum atomic E-state index is -1.30. The van der Waals surface area contributed by atoms with Crippen molar-refractivity contribution in [2.24, 2.45) is 0 Å². The molecule has 1 heterocycles. The zero-order valence-corrected chi connectivity index (χ0v) is 14.6. The van der Waals surface area contributed by atoms with E-state index in [9.17, 15) is 9.59 Å². The van der Waals surface area contributed by atoms with Gasteiger partial charge in [0, 0.05) is 13.1 Å². The van der Waals surface area contributed by atoms with E-state index in [1.54, 1.807) is 27.7 Å². The fourth-order valence-electron chi connectivity index (χ4n) is 2.50. The van der Waals surface area contributed by atoms with Gasteiger partial charge in [0.15, 0.2) is 5.66 Å². The fourth-order valence-corrected chi connectivity index (χ4v) is 2.50. The van der Waals surface area contributed by atoms with Gasteiger partial charge in [-0.3, -0.25) is 10.2 Å². The Bertz CT molecular complexity index is 411. The number of rotatable bonds is 3. The van der Waals surface area contributed by atoms with Gasteiger partial charge in [-0.25, -0.2) is 9.59 Å². The Morgan fingerprint density at radius 1 is 1.14 bits per heavy atom. The third-order valence-electron chi connectivity index (χ3n) is 3.38. The van der Waals surface area contributed by atoms with Crippen molar-refractivity contribution >= 4 is 12.1 Å². The van der Waals surface area contributed by atoms with E-state index in [1.165, 1.54) is 7.11 Å². The molecule has 0 bridgehead atoms. The SMILES string of the molecule is COC(=O)C(C)(NC(=O)OC(C)(C)C)N1C[C@@H](C)O[C@@H](C)C1. The molecule has 1 fully saturated rings. The van der Waals surface area contributed by atoms with Gasteiger partial charge < -0.3 is 14.2 Å². The van der Waals surface area contributed by atoms with Crippen LogP contribution in [-0.2, 0) is 19.0 Å². The molecule has 1 saturated heterocycles. The number of amides is 1. The second-order valence-corrected chi connectivity index (χ2v) is 6.85. The van der Waals surface area contributed by atoms with Crippen LogP contribution in [0.25, 0.3) is 0 Å². The first-order valence-corrected chi connectivity index (χ1v) is 7.48. The molecule has 1 N–H and O–H groups in total. The summed E-state index contributed by atoms with van der Waals surface area (Å²) in [5.74, 6) is -0.542. The lowest BCUT2D eigenvalue weighted by Crippen LogP contribution is -2.68. The second kappa shape index (κ2) is 6.83. The molecular weight excluding hydrogens is 288 g/mol. The van der Waals surface area contributed by atoms with E-state index in [0.717, 1.165) is 0 Å². The van der Waals surface area contributed by atoms with Crippen LogP contribution >= 0.6 is 0 Å². The van der Waals surface area contributed by atoms with Gasteiger partial charge in [0.2, 0.25) is 0 Å². The number of alkyl carbamates (subject to hydrolysis) is 1. The lowest BCUT2D eigenvalue weighted by Gasteiger charge is -2.44. The summed E-state index contributed by atoms with van der Waals surface area (Å²) in [5, 5.41) is 2.65. The van der Waals surface area contributed by atoms with Crippen LogP contribution in [0, 0.1) is 0 Å². The summed E-state index contributed by atoms with van der Waals surface area (Å²) < 4.78 is 15.8. The van der Waals surface area contributed by atoms with Gasteiger partial charge in [-0.2, -0.15) is 0 Å². The van der Waals surface area contributed by atoms with Crippen LogP contribution in [0.5, 0.6) is 0 Å². The highest BCUT2D eigenvalue weighted by Gasteiger charge is 2.45. The summed E-state index contributed by atoms with van der Waals surface area (Å²) in [6.45, 7) is 11.8. The number of carbonyl (C=O) groups excluding carboxylic acids is 2. The molecule has 0 saturated carbocycles. The number of carbonyl (C=O) groups is 2. The van der Waals surface area contributed by atoms with Gasteiger partial charge in [0.1, 0.15) is 5.60 Å². The van der Waals surface area contributed by atoms with Crippen molar-refractivity contribution in [3.8, 4) is 0 Å². The van der Waals surface area contributed by atoms with Gasteiger partial charge in [-0.05, 0) is 41.5 Å². The second-order valence-electron chi connectivity index (χ2n) is 6.85. The molecule has 3 atom stereocenters. The van der Waals surface area contributed by atoms with Gasteiger partial charge in [-0.15, -0.1) is 0 Å². The quantitative estimate of drug-likeness (QED) is 0.795. The Labute approximate surface area is 132 Å². The molecule has 1 aliphatic heterocycles. The third-order valence-corrected chi connectivity index (χ3v) is 3.38. The van der Waals surface area contributed by atoms with Crippen molar-refractivity contribution in [2.45, 2.75) is 65.0 Å². The maximum atomic E-state index is 12.3. The smallest absolute Gasteiger partial charge is 0.409 e. The number of nitrogens with zero attached hydrogens (tertiary/aromatic N) is 1. The van der Waals surface area contributed by atoms with Gasteiger partial charge in [0.05, 0.1) is 19.3 Å². The highest BCUT2D eigenvalue weighted by atomic mass is 16.6. The average molecular weight is 316 g/mol. The van der Waals surface area contributed by atoms with E-state index in [2.05, 4.69) is 5.32 Å². The van der Waals surface area contributed by atoms with Gasteiger partial charge in [0.25, 0.3) is 0 Å². The standard InChI is InChI=1S/C15H28N2O5/c1-10-8-17(9-11(2)21-10)15(6,12(18)20-7)16-13(19)22-14(3,4)5/h10-11H,8-9H2,1-7H3,(H,16,19)/t10-,11+,15?. The zero-order chi connectivity index (χ0) is 17.1. The van der Waals surface area contributed by atoms with Crippen LogP contribution in [0.1, 0.15) is 41.5 Å². The predicted octanol–water partition coefficient (Wildman–Crippen LogP) is 1.51. The normalized spacial score (nSPS) is 26.0. The van der Waals surface area contributed by atoms with E-state index in [0.29, 0.717) is 13.1 Å². The maximum absolute atomic E-state index is 12.3. The molecule has 7 heteroatoms. The molecule has 7 nitrogen and oxygen atoms in total. The summed E-state index contributed by atoms with van der Waals surface area (Å²) in [6, 6.07) is 0. The van der Waals surface area contributed by atoms with Crippen LogP contribution in [-0.4, -0.2) is 60.6 Å². The highest BCUT2D eigenvalue weighted by molar-refractivity contribution is 5.85. The molecule has 0 aromatic rings. The number of nitrogens with one attached hydrogen (secondary N) is 1. The van der Waals surface area contributed by atoms with Crippen molar-refractivity contribution in [3.63, 3.8) is 0 Å². The third kappa shape index (κ3) is 4.84. The number of morpholine rings is 1. The molecule has 1 rings (SSSR count). The summed E-state index contributed by atoms with van der Waals surface area (Å²) in [5.41, 5.74) is -1.95. The van der Waals surface area contributed by atoms with Crippen LogP contribution < -0.4 is 5.32 Å². The van der Waals surface area contributed by atoms with E-state index in [1.807, 2.05) is 18.7 Å². The number of hydrogen-bond acceptors (Lipinski definition) is 6. The maximum Gasteiger partial charge on any atom is 0.409 e. The molecule has 1 aliphatic rings. The zero-order valence-electron chi connectivity index (χ0n) is 14.6. The molecule has 1 unspecified atom stereocenters. The van der Waals surface area contributed by atoms with E-state index in [-0.39, 0.29) is 12.2 Å². The number of methoxy groups -OCH3 is 1. The minimum Gasteiger partial charge on any atom is -0.466 e. The lowest BCUT2D eigenvalue weighted by molar-refractivity contribution is -0.166. The molecule has 0 spiro atoms.